The third-order valence-electron chi connectivity index (χ3n) is 5.12. The van der Waals surface area contributed by atoms with Crippen LogP contribution in [0.2, 0.25) is 0 Å². The van der Waals surface area contributed by atoms with E-state index in [9.17, 15) is 15.0 Å². The van der Waals surface area contributed by atoms with E-state index in [0.29, 0.717) is 12.8 Å². The van der Waals surface area contributed by atoms with Crippen molar-refractivity contribution in [3.05, 3.63) is 12.2 Å². The number of hydrogen-bond donors (Lipinski definition) is 4. The summed E-state index contributed by atoms with van der Waals surface area (Å²) >= 11 is 0. The van der Waals surface area contributed by atoms with Crippen molar-refractivity contribution in [2.45, 2.75) is 89.4 Å². The molecular formula is C19H34O6. The molecule has 0 aliphatic heterocycles. The molecule has 0 amide bonds. The van der Waals surface area contributed by atoms with E-state index in [-0.39, 0.29) is 24.4 Å². The highest BCUT2D eigenvalue weighted by atomic mass is 17.1. The fraction of sp³-hybridized carbons (Fsp3) is 0.842. The van der Waals surface area contributed by atoms with E-state index in [1.54, 1.807) is 6.08 Å². The number of aliphatic carboxylic acids is 1. The second kappa shape index (κ2) is 12.4. The molecule has 0 radical (unpaired) electrons. The minimum atomic E-state index is -0.782. The van der Waals surface area contributed by atoms with E-state index in [4.69, 9.17) is 10.4 Å². The van der Waals surface area contributed by atoms with Crippen molar-refractivity contribution in [1.82, 2.24) is 0 Å². The summed E-state index contributed by atoms with van der Waals surface area (Å²) in [6, 6.07) is 0. The molecule has 25 heavy (non-hydrogen) atoms. The van der Waals surface area contributed by atoms with Gasteiger partial charge in [0.25, 0.3) is 0 Å². The third-order valence-corrected chi connectivity index (χ3v) is 5.12. The number of rotatable bonds is 13. The molecule has 0 aromatic carbocycles. The van der Waals surface area contributed by atoms with Gasteiger partial charge in [0, 0.05) is 18.8 Å². The average molecular weight is 358 g/mol. The number of unbranched alkanes of at least 4 members (excludes halogenated alkanes) is 4. The molecule has 5 atom stereocenters. The molecule has 1 unspecified atom stereocenters. The van der Waals surface area contributed by atoms with Crippen LogP contribution >= 0.6 is 0 Å². The fourth-order valence-corrected chi connectivity index (χ4v) is 3.64. The van der Waals surface area contributed by atoms with Crippen LogP contribution in [0.15, 0.2) is 12.2 Å². The van der Waals surface area contributed by atoms with Gasteiger partial charge in [-0.25, -0.2) is 4.89 Å². The van der Waals surface area contributed by atoms with Gasteiger partial charge in [-0.3, -0.25) is 10.1 Å². The molecule has 0 bridgehead atoms. The molecule has 0 heterocycles. The van der Waals surface area contributed by atoms with Crippen LogP contribution < -0.4 is 0 Å². The van der Waals surface area contributed by atoms with Crippen molar-refractivity contribution in [3.8, 4) is 0 Å². The first kappa shape index (κ1) is 22.1. The highest BCUT2D eigenvalue weighted by Crippen LogP contribution is 2.37. The van der Waals surface area contributed by atoms with Gasteiger partial charge in [-0.05, 0) is 25.2 Å². The SMILES string of the molecule is CCCCCC(/C=C/[C@@H]1[C@@H](CCCCCC(=O)O)[C@@H](O)C[C@H]1O)OO. The summed E-state index contributed by atoms with van der Waals surface area (Å²) in [5.41, 5.74) is 0. The quantitative estimate of drug-likeness (QED) is 0.174. The zero-order chi connectivity index (χ0) is 18.7. The lowest BCUT2D eigenvalue weighted by Crippen LogP contribution is -2.21. The largest absolute Gasteiger partial charge is 0.481 e. The van der Waals surface area contributed by atoms with Gasteiger partial charge in [-0.1, -0.05) is 51.2 Å². The van der Waals surface area contributed by atoms with Gasteiger partial charge in [-0.2, -0.15) is 0 Å². The smallest absolute Gasteiger partial charge is 0.303 e. The Labute approximate surface area is 150 Å². The summed E-state index contributed by atoms with van der Waals surface area (Å²) in [5, 5.41) is 38.1. The summed E-state index contributed by atoms with van der Waals surface area (Å²) in [6.07, 6.45) is 9.58. The second-order valence-corrected chi connectivity index (χ2v) is 7.13. The summed E-state index contributed by atoms with van der Waals surface area (Å²) in [5.74, 6) is -0.973. The maximum absolute atomic E-state index is 10.5. The summed E-state index contributed by atoms with van der Waals surface area (Å²) in [6.45, 7) is 2.11. The Morgan fingerprint density at radius 3 is 2.56 bits per heavy atom. The monoisotopic (exact) mass is 358 g/mol. The minimum absolute atomic E-state index is 0.0361. The van der Waals surface area contributed by atoms with Gasteiger partial charge in [0.15, 0.2) is 0 Å². The van der Waals surface area contributed by atoms with Crippen molar-refractivity contribution in [2.24, 2.45) is 11.8 Å². The van der Waals surface area contributed by atoms with Crippen LogP contribution in [-0.4, -0.2) is 44.9 Å². The van der Waals surface area contributed by atoms with Crippen LogP contribution in [0.1, 0.15) is 71.1 Å². The topological polar surface area (TPSA) is 107 Å². The molecule has 1 saturated carbocycles. The Morgan fingerprint density at radius 2 is 1.92 bits per heavy atom. The Hall–Kier alpha value is -0.950. The molecule has 1 rings (SSSR count). The van der Waals surface area contributed by atoms with Crippen molar-refractivity contribution < 1.29 is 30.3 Å². The maximum atomic E-state index is 10.5. The number of carboxylic acids is 1. The van der Waals surface area contributed by atoms with E-state index in [1.165, 1.54) is 0 Å². The van der Waals surface area contributed by atoms with Crippen LogP contribution in [-0.2, 0) is 9.68 Å². The molecule has 146 valence electrons. The first-order valence-corrected chi connectivity index (χ1v) is 9.56. The zero-order valence-corrected chi connectivity index (χ0v) is 15.2. The molecule has 6 heteroatoms. The van der Waals surface area contributed by atoms with Crippen LogP contribution in [0, 0.1) is 11.8 Å². The number of aliphatic hydroxyl groups is 2. The lowest BCUT2D eigenvalue weighted by Gasteiger charge is -2.21. The lowest BCUT2D eigenvalue weighted by atomic mass is 9.88. The molecule has 1 aliphatic carbocycles. The van der Waals surface area contributed by atoms with E-state index in [2.05, 4.69) is 11.8 Å². The zero-order valence-electron chi connectivity index (χ0n) is 15.2. The molecule has 0 aromatic rings. The van der Waals surface area contributed by atoms with Crippen molar-refractivity contribution in [3.63, 3.8) is 0 Å². The molecule has 0 spiro atoms. The molecule has 4 N–H and O–H groups in total. The normalized spacial score (nSPS) is 27.8. The Bertz CT molecular complexity index is 397. The first-order valence-electron chi connectivity index (χ1n) is 9.56. The summed E-state index contributed by atoms with van der Waals surface area (Å²) in [7, 11) is 0. The summed E-state index contributed by atoms with van der Waals surface area (Å²) < 4.78 is 0. The standard InChI is InChI=1S/C19H34O6/c1-2-3-5-8-14(25-24)11-12-16-15(17(20)13-18(16)21)9-6-4-7-10-19(22)23/h11-12,14-18,20-21,24H,2-10,13H2,1H3,(H,22,23)/b12-11+/t14?,15-,16-,17+,18-/m1/s1. The molecule has 0 aromatic heterocycles. The summed E-state index contributed by atoms with van der Waals surface area (Å²) in [4.78, 5) is 15.0. The van der Waals surface area contributed by atoms with Gasteiger partial charge >= 0.3 is 5.97 Å². The van der Waals surface area contributed by atoms with E-state index in [0.717, 1.165) is 44.9 Å². The van der Waals surface area contributed by atoms with E-state index < -0.39 is 18.2 Å². The number of hydrogen-bond acceptors (Lipinski definition) is 5. The third kappa shape index (κ3) is 8.31. The Kier molecular flexibility index (Phi) is 11.0. The minimum Gasteiger partial charge on any atom is -0.481 e. The number of carboxylic acid groups (broad SMARTS) is 1. The predicted octanol–water partition coefficient (Wildman–Crippen LogP) is 3.37. The van der Waals surface area contributed by atoms with Crippen LogP contribution in [0.5, 0.6) is 0 Å². The van der Waals surface area contributed by atoms with Gasteiger partial charge in [-0.15, -0.1) is 0 Å². The number of aliphatic hydroxyl groups excluding tert-OH is 2. The van der Waals surface area contributed by atoms with Crippen LogP contribution in [0.4, 0.5) is 0 Å². The van der Waals surface area contributed by atoms with Crippen LogP contribution in [0.3, 0.4) is 0 Å². The first-order chi connectivity index (χ1) is 12.0. The molecule has 6 nitrogen and oxygen atoms in total. The van der Waals surface area contributed by atoms with Crippen molar-refractivity contribution in [2.75, 3.05) is 0 Å². The lowest BCUT2D eigenvalue weighted by molar-refractivity contribution is -0.267. The van der Waals surface area contributed by atoms with Gasteiger partial charge < -0.3 is 15.3 Å². The number of carbonyl (C=O) groups is 1. The molecular weight excluding hydrogens is 324 g/mol. The van der Waals surface area contributed by atoms with Crippen molar-refractivity contribution >= 4 is 5.97 Å². The van der Waals surface area contributed by atoms with Gasteiger partial charge in [0.05, 0.1) is 12.2 Å². The second-order valence-electron chi connectivity index (χ2n) is 7.13. The van der Waals surface area contributed by atoms with E-state index >= 15 is 0 Å². The maximum Gasteiger partial charge on any atom is 0.303 e. The predicted molar refractivity (Wildman–Crippen MR) is 95.1 cm³/mol. The van der Waals surface area contributed by atoms with Crippen LogP contribution in [0.25, 0.3) is 0 Å². The van der Waals surface area contributed by atoms with Gasteiger partial charge in [0.2, 0.25) is 0 Å². The van der Waals surface area contributed by atoms with Gasteiger partial charge in [0.1, 0.15) is 6.10 Å². The van der Waals surface area contributed by atoms with E-state index in [1.807, 2.05) is 6.08 Å². The molecule has 1 fully saturated rings. The van der Waals surface area contributed by atoms with Crippen molar-refractivity contribution in [1.29, 1.82) is 0 Å². The molecule has 0 saturated heterocycles. The molecule has 1 aliphatic rings. The Balaban J connectivity index is 2.49. The fourth-order valence-electron chi connectivity index (χ4n) is 3.64. The Morgan fingerprint density at radius 1 is 1.16 bits per heavy atom. The average Bonchev–Trinajstić information content (AvgIpc) is 2.83. The highest BCUT2D eigenvalue weighted by molar-refractivity contribution is 5.66. The highest BCUT2D eigenvalue weighted by Gasteiger charge is 2.39.